The minimum absolute atomic E-state index is 0.0676. The summed E-state index contributed by atoms with van der Waals surface area (Å²) in [6, 6.07) is 18.7. The molecule has 1 fully saturated rings. The quantitative estimate of drug-likeness (QED) is 0.439. The van der Waals surface area contributed by atoms with Gasteiger partial charge in [0.15, 0.2) is 0 Å². The number of piperazine rings is 1. The molecule has 7 nitrogen and oxygen atoms in total. The van der Waals surface area contributed by atoms with Crippen LogP contribution in [0.1, 0.15) is 38.1 Å². The molecule has 3 aromatic rings. The third-order valence-corrected chi connectivity index (χ3v) is 6.57. The Morgan fingerprint density at radius 1 is 0.971 bits per heavy atom. The van der Waals surface area contributed by atoms with Gasteiger partial charge in [0, 0.05) is 51.0 Å². The number of esters is 1. The van der Waals surface area contributed by atoms with Crippen LogP contribution >= 0.6 is 11.6 Å². The number of amides is 1. The molecule has 184 valence electrons. The predicted octanol–water partition coefficient (Wildman–Crippen LogP) is 4.18. The van der Waals surface area contributed by atoms with Gasteiger partial charge >= 0.3 is 5.97 Å². The molecule has 0 aliphatic carbocycles. The molecule has 0 radical (unpaired) electrons. The summed E-state index contributed by atoms with van der Waals surface area (Å²) in [5.74, 6) is -0.292. The Morgan fingerprint density at radius 2 is 1.66 bits per heavy atom. The number of carbonyl (C=O) groups is 2. The van der Waals surface area contributed by atoms with Gasteiger partial charge in [0.25, 0.3) is 5.91 Å². The summed E-state index contributed by atoms with van der Waals surface area (Å²) in [5.41, 5.74) is 3.23. The van der Waals surface area contributed by atoms with Crippen LogP contribution in [-0.4, -0.2) is 66.1 Å². The van der Waals surface area contributed by atoms with Crippen molar-refractivity contribution >= 4 is 23.5 Å². The number of benzene rings is 2. The minimum atomic E-state index is -0.360. The Balaban J connectivity index is 1.38. The molecular formula is C27H30ClN3O4. The lowest BCUT2D eigenvalue weighted by atomic mass is 10.1. The van der Waals surface area contributed by atoms with Crippen molar-refractivity contribution < 1.29 is 19.1 Å². The second-order valence-corrected chi connectivity index (χ2v) is 9.07. The predicted molar refractivity (Wildman–Crippen MR) is 135 cm³/mol. The third-order valence-electron chi connectivity index (χ3n) is 6.31. The lowest BCUT2D eigenvalue weighted by molar-refractivity contribution is 0.00331. The Kier molecular flexibility index (Phi) is 8.23. The SMILES string of the molecule is COC(=O)c1ccc(COC(CN2CCN(C(=O)c3cccn3C)CC2)c2ccc(Cl)cc2)cc1. The molecule has 2 heterocycles. The van der Waals surface area contributed by atoms with Crippen LogP contribution in [-0.2, 0) is 23.1 Å². The fourth-order valence-corrected chi connectivity index (χ4v) is 4.32. The molecule has 1 aliphatic rings. The number of hydrogen-bond donors (Lipinski definition) is 0. The molecule has 2 aromatic carbocycles. The zero-order chi connectivity index (χ0) is 24.8. The molecule has 1 unspecified atom stereocenters. The molecule has 0 spiro atoms. The zero-order valence-corrected chi connectivity index (χ0v) is 20.8. The number of ether oxygens (including phenoxy) is 2. The zero-order valence-electron chi connectivity index (χ0n) is 20.0. The number of carbonyl (C=O) groups excluding carboxylic acids is 2. The summed E-state index contributed by atoms with van der Waals surface area (Å²) in [4.78, 5) is 28.7. The van der Waals surface area contributed by atoms with Gasteiger partial charge in [-0.05, 0) is 47.5 Å². The van der Waals surface area contributed by atoms with Crippen molar-refractivity contribution in [3.63, 3.8) is 0 Å². The molecule has 1 saturated heterocycles. The van der Waals surface area contributed by atoms with Crippen LogP contribution in [0.15, 0.2) is 66.9 Å². The van der Waals surface area contributed by atoms with Gasteiger partial charge in [-0.15, -0.1) is 0 Å². The molecule has 0 saturated carbocycles. The van der Waals surface area contributed by atoms with E-state index in [4.69, 9.17) is 21.1 Å². The first-order valence-corrected chi connectivity index (χ1v) is 12.0. The Bertz CT molecular complexity index is 1140. The summed E-state index contributed by atoms with van der Waals surface area (Å²) in [7, 11) is 3.26. The number of nitrogens with zero attached hydrogens (tertiary/aromatic N) is 3. The van der Waals surface area contributed by atoms with E-state index in [-0.39, 0.29) is 18.0 Å². The maximum absolute atomic E-state index is 12.8. The van der Waals surface area contributed by atoms with Gasteiger partial charge in [-0.1, -0.05) is 35.9 Å². The molecule has 35 heavy (non-hydrogen) atoms. The van der Waals surface area contributed by atoms with Gasteiger partial charge in [-0.3, -0.25) is 9.69 Å². The maximum Gasteiger partial charge on any atom is 0.337 e. The summed E-state index contributed by atoms with van der Waals surface area (Å²) in [6.45, 7) is 4.00. The van der Waals surface area contributed by atoms with Gasteiger partial charge in [0.2, 0.25) is 0 Å². The van der Waals surface area contributed by atoms with Crippen LogP contribution in [0.2, 0.25) is 5.02 Å². The van der Waals surface area contributed by atoms with Gasteiger partial charge in [0.05, 0.1) is 25.4 Å². The van der Waals surface area contributed by atoms with Crippen LogP contribution in [0.25, 0.3) is 0 Å². The molecule has 0 N–H and O–H groups in total. The molecule has 1 aliphatic heterocycles. The number of rotatable bonds is 8. The second kappa shape index (κ2) is 11.5. The van der Waals surface area contributed by atoms with Gasteiger partial charge in [-0.2, -0.15) is 0 Å². The van der Waals surface area contributed by atoms with Crippen LogP contribution in [0.5, 0.6) is 0 Å². The molecule has 1 amide bonds. The largest absolute Gasteiger partial charge is 0.465 e. The van der Waals surface area contributed by atoms with Crippen molar-refractivity contribution in [3.8, 4) is 0 Å². The summed E-state index contributed by atoms with van der Waals surface area (Å²) in [6.07, 6.45) is 1.73. The van der Waals surface area contributed by atoms with Crippen molar-refractivity contribution in [2.45, 2.75) is 12.7 Å². The number of aryl methyl sites for hydroxylation is 1. The number of aromatic nitrogens is 1. The van der Waals surface area contributed by atoms with E-state index in [9.17, 15) is 9.59 Å². The summed E-state index contributed by atoms with van der Waals surface area (Å²) in [5, 5.41) is 0.679. The van der Waals surface area contributed by atoms with E-state index in [0.717, 1.165) is 24.2 Å². The van der Waals surface area contributed by atoms with E-state index in [1.54, 1.807) is 12.1 Å². The van der Waals surface area contributed by atoms with Crippen molar-refractivity contribution in [2.75, 3.05) is 39.8 Å². The second-order valence-electron chi connectivity index (χ2n) is 8.64. The standard InChI is InChI=1S/C27H30ClN3O4/c1-29-13-3-4-24(29)26(32)31-16-14-30(15-17-31)18-25(21-9-11-23(28)12-10-21)35-19-20-5-7-22(8-6-20)27(33)34-2/h3-13,25H,14-19H2,1-2H3. The first-order chi connectivity index (χ1) is 16.9. The van der Waals surface area contributed by atoms with Gasteiger partial charge in [-0.25, -0.2) is 4.79 Å². The molecular weight excluding hydrogens is 466 g/mol. The first-order valence-electron chi connectivity index (χ1n) is 11.6. The number of halogens is 1. The maximum atomic E-state index is 12.8. The van der Waals surface area contributed by atoms with Gasteiger partial charge in [0.1, 0.15) is 5.69 Å². The number of hydrogen-bond acceptors (Lipinski definition) is 5. The van der Waals surface area contributed by atoms with E-state index < -0.39 is 0 Å². The highest BCUT2D eigenvalue weighted by Gasteiger charge is 2.26. The fourth-order valence-electron chi connectivity index (χ4n) is 4.20. The normalized spacial score (nSPS) is 15.1. The average molecular weight is 496 g/mol. The van der Waals surface area contributed by atoms with Crippen molar-refractivity contribution in [1.29, 1.82) is 0 Å². The van der Waals surface area contributed by atoms with Crippen LogP contribution < -0.4 is 0 Å². The van der Waals surface area contributed by atoms with Gasteiger partial charge < -0.3 is 18.9 Å². The highest BCUT2D eigenvalue weighted by Crippen LogP contribution is 2.24. The topological polar surface area (TPSA) is 64.0 Å². The molecule has 1 aromatic heterocycles. The van der Waals surface area contributed by atoms with Crippen molar-refractivity contribution in [1.82, 2.24) is 14.4 Å². The number of methoxy groups -OCH3 is 1. The Hall–Kier alpha value is -3.13. The van der Waals surface area contributed by atoms with E-state index in [1.807, 2.05) is 71.2 Å². The lowest BCUT2D eigenvalue weighted by Crippen LogP contribution is -2.50. The first kappa shape index (κ1) is 25.0. The average Bonchev–Trinajstić information content (AvgIpc) is 3.32. The van der Waals surface area contributed by atoms with Crippen LogP contribution in [0.3, 0.4) is 0 Å². The summed E-state index contributed by atoms with van der Waals surface area (Å²) < 4.78 is 13.0. The molecule has 4 rings (SSSR count). The van der Waals surface area contributed by atoms with E-state index in [0.29, 0.717) is 42.5 Å². The molecule has 0 bridgehead atoms. The Morgan fingerprint density at radius 3 is 2.26 bits per heavy atom. The van der Waals surface area contributed by atoms with E-state index in [2.05, 4.69) is 4.90 Å². The van der Waals surface area contributed by atoms with Crippen LogP contribution in [0, 0.1) is 0 Å². The lowest BCUT2D eigenvalue weighted by Gasteiger charge is -2.36. The molecule has 8 heteroatoms. The van der Waals surface area contributed by atoms with E-state index in [1.165, 1.54) is 7.11 Å². The van der Waals surface area contributed by atoms with E-state index >= 15 is 0 Å². The monoisotopic (exact) mass is 495 g/mol. The smallest absolute Gasteiger partial charge is 0.337 e. The highest BCUT2D eigenvalue weighted by atomic mass is 35.5. The highest BCUT2D eigenvalue weighted by molar-refractivity contribution is 6.30. The van der Waals surface area contributed by atoms with Crippen molar-refractivity contribution in [2.24, 2.45) is 7.05 Å². The Labute approximate surface area is 210 Å². The third kappa shape index (κ3) is 6.31. The molecule has 1 atom stereocenters. The summed E-state index contributed by atoms with van der Waals surface area (Å²) >= 11 is 6.10. The van der Waals surface area contributed by atoms with Crippen molar-refractivity contribution in [3.05, 3.63) is 94.3 Å². The minimum Gasteiger partial charge on any atom is -0.465 e. The fraction of sp³-hybridized carbons (Fsp3) is 0.333. The van der Waals surface area contributed by atoms with Crippen LogP contribution in [0.4, 0.5) is 0 Å².